The van der Waals surface area contributed by atoms with Crippen molar-refractivity contribution in [3.63, 3.8) is 0 Å². The molecule has 0 saturated carbocycles. The average Bonchev–Trinajstić information content (AvgIpc) is 2.36. The van der Waals surface area contributed by atoms with Crippen molar-refractivity contribution >= 4 is 52.4 Å². The fraction of sp³-hybridized carbons (Fsp3) is 0. The number of carbonyl (C=O) groups is 1. The molecule has 2 aromatic rings. The van der Waals surface area contributed by atoms with Gasteiger partial charge in [0, 0.05) is 17.3 Å². The van der Waals surface area contributed by atoms with E-state index in [1.807, 2.05) is 0 Å². The summed E-state index contributed by atoms with van der Waals surface area (Å²) < 4.78 is 0. The Balaban J connectivity index is 2.80. The summed E-state index contributed by atoms with van der Waals surface area (Å²) >= 11 is 24.0. The molecule has 0 radical (unpaired) electrons. The molecule has 0 unspecified atom stereocenters. The highest BCUT2D eigenvalue weighted by Crippen LogP contribution is 2.43. The largest absolute Gasteiger partial charge is 0.476 e. The van der Waals surface area contributed by atoms with Crippen molar-refractivity contribution < 1.29 is 9.90 Å². The summed E-state index contributed by atoms with van der Waals surface area (Å²) in [6, 6.07) is 4.54. The fourth-order valence-electron chi connectivity index (χ4n) is 1.59. The second kappa shape index (κ2) is 5.55. The predicted octanol–water partition coefficient (Wildman–Crippen LogP) is 5.06. The number of aromatic nitrogens is 1. The molecule has 0 spiro atoms. The first kappa shape index (κ1) is 14.4. The van der Waals surface area contributed by atoms with Crippen LogP contribution in [0.2, 0.25) is 20.1 Å². The van der Waals surface area contributed by atoms with Gasteiger partial charge >= 0.3 is 5.97 Å². The lowest BCUT2D eigenvalue weighted by molar-refractivity contribution is 0.0691. The number of carboxylic acid groups (broad SMARTS) is 1. The molecule has 1 aromatic heterocycles. The monoisotopic (exact) mass is 335 g/mol. The molecule has 0 saturated heterocycles. The van der Waals surface area contributed by atoms with Crippen molar-refractivity contribution in [2.45, 2.75) is 0 Å². The Morgan fingerprint density at radius 2 is 1.79 bits per heavy atom. The van der Waals surface area contributed by atoms with Crippen LogP contribution in [0, 0.1) is 0 Å². The van der Waals surface area contributed by atoms with Crippen LogP contribution in [0.5, 0.6) is 0 Å². The van der Waals surface area contributed by atoms with Gasteiger partial charge in [-0.2, -0.15) is 0 Å². The van der Waals surface area contributed by atoms with Gasteiger partial charge in [-0.05, 0) is 12.1 Å². The average molecular weight is 337 g/mol. The zero-order chi connectivity index (χ0) is 14.2. The third-order valence-electron chi connectivity index (χ3n) is 2.39. The molecule has 98 valence electrons. The number of rotatable bonds is 2. The molecule has 0 fully saturated rings. The van der Waals surface area contributed by atoms with Gasteiger partial charge in [-0.15, -0.1) is 0 Å². The minimum atomic E-state index is -1.19. The van der Waals surface area contributed by atoms with Crippen LogP contribution in [0.4, 0.5) is 0 Å². The minimum Gasteiger partial charge on any atom is -0.476 e. The molecule has 0 aliphatic carbocycles. The first-order valence-electron chi connectivity index (χ1n) is 4.95. The summed E-state index contributed by atoms with van der Waals surface area (Å²) in [4.78, 5) is 15.0. The molecule has 0 bridgehead atoms. The van der Waals surface area contributed by atoms with E-state index in [4.69, 9.17) is 51.5 Å². The summed E-state index contributed by atoms with van der Waals surface area (Å²) in [5, 5.41) is 9.73. The summed E-state index contributed by atoms with van der Waals surface area (Å²) in [7, 11) is 0. The number of hydrogen-bond donors (Lipinski definition) is 1. The van der Waals surface area contributed by atoms with Gasteiger partial charge in [-0.1, -0.05) is 52.5 Å². The molecule has 19 heavy (non-hydrogen) atoms. The van der Waals surface area contributed by atoms with Gasteiger partial charge in [0.15, 0.2) is 5.69 Å². The predicted molar refractivity (Wildman–Crippen MR) is 76.7 cm³/mol. The van der Waals surface area contributed by atoms with Crippen LogP contribution in [0.1, 0.15) is 10.5 Å². The Kier molecular flexibility index (Phi) is 4.21. The van der Waals surface area contributed by atoms with Crippen LogP contribution in [0.25, 0.3) is 11.1 Å². The van der Waals surface area contributed by atoms with Crippen molar-refractivity contribution in [3.05, 3.63) is 50.2 Å². The van der Waals surface area contributed by atoms with E-state index in [9.17, 15) is 4.79 Å². The van der Waals surface area contributed by atoms with Gasteiger partial charge in [-0.3, -0.25) is 0 Å². The van der Waals surface area contributed by atoms with E-state index in [1.54, 1.807) is 12.1 Å². The van der Waals surface area contributed by atoms with Crippen molar-refractivity contribution in [3.8, 4) is 11.1 Å². The number of benzene rings is 1. The molecule has 0 atom stereocenters. The van der Waals surface area contributed by atoms with E-state index in [-0.39, 0.29) is 31.3 Å². The Morgan fingerprint density at radius 3 is 2.42 bits per heavy atom. The second-order valence-electron chi connectivity index (χ2n) is 3.55. The zero-order valence-electron chi connectivity index (χ0n) is 9.12. The van der Waals surface area contributed by atoms with Crippen molar-refractivity contribution in [1.82, 2.24) is 4.98 Å². The lowest BCUT2D eigenvalue weighted by Gasteiger charge is -2.11. The molecular weight excluding hydrogens is 332 g/mol. The molecule has 1 N–H and O–H groups in total. The normalized spacial score (nSPS) is 10.5. The molecule has 0 amide bonds. The summed E-state index contributed by atoms with van der Waals surface area (Å²) in [6.07, 6.45) is 1.37. The Bertz CT molecular complexity index is 673. The Labute approximate surface area is 128 Å². The summed E-state index contributed by atoms with van der Waals surface area (Å²) in [6.45, 7) is 0. The van der Waals surface area contributed by atoms with Gasteiger partial charge in [0.25, 0.3) is 0 Å². The maximum absolute atomic E-state index is 11.2. The molecule has 7 heteroatoms. The van der Waals surface area contributed by atoms with Crippen LogP contribution in [-0.4, -0.2) is 16.1 Å². The zero-order valence-corrected chi connectivity index (χ0v) is 12.1. The summed E-state index contributed by atoms with van der Waals surface area (Å²) in [5.74, 6) is -1.19. The Morgan fingerprint density at radius 1 is 1.11 bits per heavy atom. The van der Waals surface area contributed by atoms with E-state index in [1.165, 1.54) is 12.3 Å². The Hall–Kier alpha value is -1.000. The van der Waals surface area contributed by atoms with E-state index in [0.29, 0.717) is 5.56 Å². The lowest BCUT2D eigenvalue weighted by Crippen LogP contribution is -2.03. The molecule has 1 aromatic carbocycles. The SMILES string of the molecule is O=C(O)c1ncccc1-c1c(Cl)cc(Cl)c(Cl)c1Cl. The number of aromatic carboxylic acids is 1. The maximum atomic E-state index is 11.2. The standard InChI is InChI=1S/C12H5Cl4NO2/c13-6-4-7(14)9(15)10(16)8(6)5-2-1-3-17-11(5)12(18)19/h1-4H,(H,18,19). The lowest BCUT2D eigenvalue weighted by atomic mass is 10.0. The molecular formula is C12H5Cl4NO2. The van der Waals surface area contributed by atoms with Crippen LogP contribution < -0.4 is 0 Å². The molecule has 2 rings (SSSR count). The number of halogens is 4. The van der Waals surface area contributed by atoms with Gasteiger partial charge in [0.05, 0.1) is 20.1 Å². The number of pyridine rings is 1. The first-order valence-corrected chi connectivity index (χ1v) is 6.46. The smallest absolute Gasteiger partial charge is 0.355 e. The van der Waals surface area contributed by atoms with Crippen LogP contribution >= 0.6 is 46.4 Å². The van der Waals surface area contributed by atoms with E-state index in [2.05, 4.69) is 4.98 Å². The van der Waals surface area contributed by atoms with Crippen LogP contribution in [0.3, 0.4) is 0 Å². The van der Waals surface area contributed by atoms with Crippen molar-refractivity contribution in [1.29, 1.82) is 0 Å². The maximum Gasteiger partial charge on any atom is 0.355 e. The molecule has 1 heterocycles. The highest BCUT2D eigenvalue weighted by molar-refractivity contribution is 6.51. The van der Waals surface area contributed by atoms with E-state index >= 15 is 0 Å². The number of nitrogens with zero attached hydrogens (tertiary/aromatic N) is 1. The fourth-order valence-corrected chi connectivity index (χ4v) is 2.71. The third-order valence-corrected chi connectivity index (χ3v) is 3.95. The van der Waals surface area contributed by atoms with E-state index < -0.39 is 5.97 Å². The number of hydrogen-bond acceptors (Lipinski definition) is 2. The summed E-state index contributed by atoms with van der Waals surface area (Å²) in [5.41, 5.74) is 0.413. The highest BCUT2D eigenvalue weighted by atomic mass is 35.5. The van der Waals surface area contributed by atoms with Gasteiger partial charge in [-0.25, -0.2) is 9.78 Å². The molecule has 0 aliphatic heterocycles. The molecule has 3 nitrogen and oxygen atoms in total. The number of carboxylic acids is 1. The van der Waals surface area contributed by atoms with Crippen LogP contribution in [0.15, 0.2) is 24.4 Å². The third kappa shape index (κ3) is 2.65. The van der Waals surface area contributed by atoms with Crippen LogP contribution in [-0.2, 0) is 0 Å². The van der Waals surface area contributed by atoms with Crippen molar-refractivity contribution in [2.75, 3.05) is 0 Å². The van der Waals surface area contributed by atoms with Gasteiger partial charge in [0.1, 0.15) is 0 Å². The van der Waals surface area contributed by atoms with E-state index in [0.717, 1.165) is 0 Å². The first-order chi connectivity index (χ1) is 8.93. The second-order valence-corrected chi connectivity index (χ2v) is 5.12. The van der Waals surface area contributed by atoms with Gasteiger partial charge in [0.2, 0.25) is 0 Å². The topological polar surface area (TPSA) is 50.2 Å². The van der Waals surface area contributed by atoms with Gasteiger partial charge < -0.3 is 5.11 Å². The van der Waals surface area contributed by atoms with Crippen molar-refractivity contribution in [2.24, 2.45) is 0 Å². The minimum absolute atomic E-state index is 0.0923. The molecule has 0 aliphatic rings. The quantitative estimate of drug-likeness (QED) is 0.616. The highest BCUT2D eigenvalue weighted by Gasteiger charge is 2.20.